The Balaban J connectivity index is 2.06. The van der Waals surface area contributed by atoms with E-state index in [1.165, 1.54) is 17.1 Å². The molecule has 0 amide bonds. The summed E-state index contributed by atoms with van der Waals surface area (Å²) in [5.41, 5.74) is 2.51. The van der Waals surface area contributed by atoms with Crippen LogP contribution in [0.15, 0.2) is 6.07 Å². The minimum atomic E-state index is 0.343. The van der Waals surface area contributed by atoms with E-state index in [1.807, 2.05) is 23.5 Å². The Hall–Kier alpha value is -0.150. The summed E-state index contributed by atoms with van der Waals surface area (Å²) in [6.07, 6.45) is 2.09. The first-order valence-corrected chi connectivity index (χ1v) is 7.03. The van der Waals surface area contributed by atoms with E-state index in [-0.39, 0.29) is 0 Å². The van der Waals surface area contributed by atoms with Gasteiger partial charge in [0.05, 0.1) is 5.69 Å². The lowest BCUT2D eigenvalue weighted by Gasteiger charge is -2.12. The molecular weight excluding hydrogens is 228 g/mol. The van der Waals surface area contributed by atoms with Crippen molar-refractivity contribution < 1.29 is 0 Å². The van der Waals surface area contributed by atoms with Gasteiger partial charge in [0.15, 0.2) is 0 Å². The van der Waals surface area contributed by atoms with E-state index in [9.17, 15) is 0 Å². The van der Waals surface area contributed by atoms with E-state index in [2.05, 4.69) is 18.1 Å². The molecule has 0 radical (unpaired) electrons. The molecule has 0 aromatic carbocycles. The molecule has 0 aliphatic carbocycles. The molecule has 1 aromatic heterocycles. The third kappa shape index (κ3) is 2.51. The number of hydrogen-bond donors (Lipinski definition) is 0. The highest BCUT2D eigenvalue weighted by molar-refractivity contribution is 7.99. The smallest absolute Gasteiger partial charge is 0.0624 e. The predicted octanol–water partition coefficient (Wildman–Crippen LogP) is 2.50. The van der Waals surface area contributed by atoms with Crippen LogP contribution in [0.1, 0.15) is 18.3 Å². The summed E-state index contributed by atoms with van der Waals surface area (Å²) in [6, 6.07) is 2.21. The van der Waals surface area contributed by atoms with Crippen LogP contribution in [0, 0.1) is 5.92 Å². The lowest BCUT2D eigenvalue weighted by molar-refractivity contribution is 0.565. The second-order valence-electron chi connectivity index (χ2n) is 4.12. The van der Waals surface area contributed by atoms with Crippen molar-refractivity contribution in [2.75, 3.05) is 11.5 Å². The van der Waals surface area contributed by atoms with Crippen LogP contribution in [0.4, 0.5) is 0 Å². The fourth-order valence-corrected chi connectivity index (χ4v) is 3.80. The highest BCUT2D eigenvalue weighted by Gasteiger charge is 2.26. The molecule has 1 aliphatic heterocycles. The molecule has 0 spiro atoms. The minimum absolute atomic E-state index is 0.343. The molecular formula is C11H17ClN2S. The lowest BCUT2D eigenvalue weighted by Crippen LogP contribution is -2.16. The van der Waals surface area contributed by atoms with Crippen LogP contribution in [0.2, 0.25) is 0 Å². The molecule has 2 rings (SSSR count). The lowest BCUT2D eigenvalue weighted by atomic mass is 10.0. The van der Waals surface area contributed by atoms with E-state index in [0.717, 1.165) is 18.6 Å². The number of alkyl halides is 1. The standard InChI is InChI=1S/C11H17ClN2S/c1-3-9-5-10(14(2)13-9)4-8-6-15-7-11(8)12/h5,8,11H,3-4,6-7H2,1-2H3. The topological polar surface area (TPSA) is 17.8 Å². The zero-order chi connectivity index (χ0) is 10.8. The maximum atomic E-state index is 6.27. The van der Waals surface area contributed by atoms with Gasteiger partial charge in [0.1, 0.15) is 0 Å². The van der Waals surface area contributed by atoms with Crippen molar-refractivity contribution >= 4 is 23.4 Å². The van der Waals surface area contributed by atoms with Gasteiger partial charge in [-0.05, 0) is 30.6 Å². The average molecular weight is 245 g/mol. The summed E-state index contributed by atoms with van der Waals surface area (Å²) < 4.78 is 2.01. The van der Waals surface area contributed by atoms with Crippen LogP contribution in [-0.4, -0.2) is 26.7 Å². The second kappa shape index (κ2) is 4.79. The van der Waals surface area contributed by atoms with E-state index in [4.69, 9.17) is 11.6 Å². The number of aryl methyl sites for hydroxylation is 2. The van der Waals surface area contributed by atoms with Crippen molar-refractivity contribution in [3.05, 3.63) is 17.5 Å². The summed E-state index contributed by atoms with van der Waals surface area (Å²) in [7, 11) is 2.03. The Labute approximate surface area is 100 Å². The molecule has 0 saturated carbocycles. The molecule has 2 atom stereocenters. The van der Waals surface area contributed by atoms with E-state index >= 15 is 0 Å². The second-order valence-corrected chi connectivity index (χ2v) is 5.76. The summed E-state index contributed by atoms with van der Waals surface area (Å²) in [5.74, 6) is 2.92. The molecule has 15 heavy (non-hydrogen) atoms. The molecule has 2 nitrogen and oxygen atoms in total. The molecule has 1 aromatic rings. The van der Waals surface area contributed by atoms with Gasteiger partial charge in [-0.15, -0.1) is 11.6 Å². The number of aromatic nitrogens is 2. The normalized spacial score (nSPS) is 26.1. The average Bonchev–Trinajstić information content (AvgIpc) is 2.76. The number of thioether (sulfide) groups is 1. The largest absolute Gasteiger partial charge is 0.272 e. The van der Waals surface area contributed by atoms with Gasteiger partial charge >= 0.3 is 0 Å². The summed E-state index contributed by atoms with van der Waals surface area (Å²) in [4.78, 5) is 0. The van der Waals surface area contributed by atoms with Gasteiger partial charge in [0, 0.05) is 23.9 Å². The zero-order valence-corrected chi connectivity index (χ0v) is 10.8. The molecule has 2 unspecified atom stereocenters. The molecule has 1 aliphatic rings. The highest BCUT2D eigenvalue weighted by atomic mass is 35.5. The number of halogens is 1. The zero-order valence-electron chi connectivity index (χ0n) is 9.24. The molecule has 4 heteroatoms. The van der Waals surface area contributed by atoms with E-state index in [1.54, 1.807) is 0 Å². The molecule has 1 saturated heterocycles. The number of rotatable bonds is 3. The van der Waals surface area contributed by atoms with Gasteiger partial charge in [0.2, 0.25) is 0 Å². The summed E-state index contributed by atoms with van der Waals surface area (Å²) >= 11 is 8.24. The maximum Gasteiger partial charge on any atom is 0.0624 e. The molecule has 84 valence electrons. The molecule has 1 fully saturated rings. The van der Waals surface area contributed by atoms with Crippen molar-refractivity contribution in [1.82, 2.24) is 9.78 Å². The van der Waals surface area contributed by atoms with Crippen molar-refractivity contribution in [3.63, 3.8) is 0 Å². The van der Waals surface area contributed by atoms with Gasteiger partial charge in [-0.3, -0.25) is 4.68 Å². The van der Waals surface area contributed by atoms with Gasteiger partial charge in [-0.2, -0.15) is 16.9 Å². The minimum Gasteiger partial charge on any atom is -0.272 e. The Morgan fingerprint density at radius 1 is 1.60 bits per heavy atom. The predicted molar refractivity (Wildman–Crippen MR) is 66.7 cm³/mol. The van der Waals surface area contributed by atoms with Gasteiger partial charge < -0.3 is 0 Å². The first-order chi connectivity index (χ1) is 7.20. The van der Waals surface area contributed by atoms with Crippen LogP contribution in [0.5, 0.6) is 0 Å². The number of hydrogen-bond acceptors (Lipinski definition) is 2. The van der Waals surface area contributed by atoms with Crippen LogP contribution in [-0.2, 0) is 19.9 Å². The van der Waals surface area contributed by atoms with Crippen molar-refractivity contribution in [2.45, 2.75) is 25.1 Å². The third-order valence-corrected chi connectivity index (χ3v) is 4.93. The van der Waals surface area contributed by atoms with Crippen LogP contribution in [0.3, 0.4) is 0 Å². The molecule has 0 bridgehead atoms. The number of nitrogens with zero attached hydrogens (tertiary/aromatic N) is 2. The molecule has 0 N–H and O–H groups in total. The quantitative estimate of drug-likeness (QED) is 0.761. The van der Waals surface area contributed by atoms with Gasteiger partial charge in [0.25, 0.3) is 0 Å². The van der Waals surface area contributed by atoms with Crippen LogP contribution in [0.25, 0.3) is 0 Å². The first-order valence-electron chi connectivity index (χ1n) is 5.44. The van der Waals surface area contributed by atoms with Crippen molar-refractivity contribution in [2.24, 2.45) is 13.0 Å². The van der Waals surface area contributed by atoms with Crippen molar-refractivity contribution in [1.29, 1.82) is 0 Å². The Morgan fingerprint density at radius 2 is 2.40 bits per heavy atom. The summed E-state index contributed by atoms with van der Waals surface area (Å²) in [5, 5.41) is 4.81. The first kappa shape index (κ1) is 11.3. The monoisotopic (exact) mass is 244 g/mol. The van der Waals surface area contributed by atoms with Gasteiger partial charge in [-0.25, -0.2) is 0 Å². The molecule has 2 heterocycles. The van der Waals surface area contributed by atoms with E-state index < -0.39 is 0 Å². The fourth-order valence-electron chi connectivity index (χ4n) is 1.96. The summed E-state index contributed by atoms with van der Waals surface area (Å²) in [6.45, 7) is 2.14. The van der Waals surface area contributed by atoms with Gasteiger partial charge in [-0.1, -0.05) is 6.92 Å². The van der Waals surface area contributed by atoms with E-state index in [0.29, 0.717) is 11.3 Å². The van der Waals surface area contributed by atoms with Crippen molar-refractivity contribution in [3.8, 4) is 0 Å². The van der Waals surface area contributed by atoms with Crippen LogP contribution < -0.4 is 0 Å². The maximum absolute atomic E-state index is 6.27. The Kier molecular flexibility index (Phi) is 3.62. The third-order valence-electron chi connectivity index (χ3n) is 2.98. The highest BCUT2D eigenvalue weighted by Crippen LogP contribution is 2.31. The Bertz CT molecular complexity index is 337. The fraction of sp³-hybridized carbons (Fsp3) is 0.727. The SMILES string of the molecule is CCc1cc(CC2CSCC2Cl)n(C)n1. The Morgan fingerprint density at radius 3 is 2.93 bits per heavy atom. The van der Waals surface area contributed by atoms with Crippen LogP contribution >= 0.6 is 23.4 Å².